The van der Waals surface area contributed by atoms with Crippen LogP contribution in [0.5, 0.6) is 0 Å². The Labute approximate surface area is 194 Å². The van der Waals surface area contributed by atoms with Crippen LogP contribution in [0.1, 0.15) is 86.9 Å². The topological polar surface area (TPSA) is 16.1 Å². The maximum absolute atomic E-state index is 4.84. The van der Waals surface area contributed by atoms with Gasteiger partial charge in [-0.25, -0.2) is 0 Å². The predicted molar refractivity (Wildman–Crippen MR) is 144 cm³/mol. The second kappa shape index (κ2) is 16.6. The number of allylic oxidation sites excluding steroid dienone is 1. The van der Waals surface area contributed by atoms with Gasteiger partial charge in [-0.05, 0) is 57.7 Å². The molecule has 2 aromatic rings. The fourth-order valence-corrected chi connectivity index (χ4v) is 3.17. The molecule has 2 heteroatoms. The zero-order chi connectivity index (χ0) is 24.6. The van der Waals surface area contributed by atoms with Crippen molar-refractivity contribution in [2.75, 3.05) is 18.0 Å². The highest BCUT2D eigenvalue weighted by Crippen LogP contribution is 2.34. The van der Waals surface area contributed by atoms with Gasteiger partial charge in [-0.1, -0.05) is 84.7 Å². The smallest absolute Gasteiger partial charge is 0.0706 e. The van der Waals surface area contributed by atoms with E-state index in [1.807, 2.05) is 55.4 Å². The molecule has 0 aliphatic carbocycles. The van der Waals surface area contributed by atoms with Crippen molar-refractivity contribution in [2.45, 2.75) is 89.5 Å². The van der Waals surface area contributed by atoms with E-state index in [1.165, 1.54) is 28.8 Å². The van der Waals surface area contributed by atoms with Crippen molar-refractivity contribution in [1.29, 1.82) is 0 Å². The largest absolute Gasteiger partial charge is 0.370 e. The molecule has 1 aromatic heterocycles. The molecule has 0 saturated carbocycles. The first-order valence-electron chi connectivity index (χ1n) is 12.1. The minimum atomic E-state index is 0.418. The SMILES string of the molecule is C=C(C)C.CC.CC.CC.Cc1cccc(-c2ccc(N3CCC(C)(C)C3)c(C)n2)c1. The quantitative estimate of drug-likeness (QED) is 0.445. The Morgan fingerprint density at radius 1 is 0.935 bits per heavy atom. The van der Waals surface area contributed by atoms with Gasteiger partial charge in [0.2, 0.25) is 0 Å². The molecule has 0 spiro atoms. The maximum Gasteiger partial charge on any atom is 0.0706 e. The molecule has 31 heavy (non-hydrogen) atoms. The second-order valence-electron chi connectivity index (χ2n) is 8.21. The van der Waals surface area contributed by atoms with E-state index in [2.05, 4.69) is 75.6 Å². The third-order valence-corrected chi connectivity index (χ3v) is 4.39. The van der Waals surface area contributed by atoms with Crippen molar-refractivity contribution >= 4 is 5.69 Å². The Bertz CT molecular complexity index is 740. The van der Waals surface area contributed by atoms with E-state index in [0.29, 0.717) is 5.41 Å². The van der Waals surface area contributed by atoms with Crippen molar-refractivity contribution in [3.8, 4) is 11.3 Å². The zero-order valence-corrected chi connectivity index (χ0v) is 22.7. The van der Waals surface area contributed by atoms with E-state index in [9.17, 15) is 0 Å². The first-order valence-corrected chi connectivity index (χ1v) is 12.1. The number of pyridine rings is 1. The molecule has 1 fully saturated rings. The van der Waals surface area contributed by atoms with Gasteiger partial charge in [0.1, 0.15) is 0 Å². The van der Waals surface area contributed by atoms with Gasteiger partial charge in [0.15, 0.2) is 0 Å². The highest BCUT2D eigenvalue weighted by Gasteiger charge is 2.30. The van der Waals surface area contributed by atoms with Crippen molar-refractivity contribution in [2.24, 2.45) is 5.41 Å². The molecule has 0 radical (unpaired) electrons. The summed E-state index contributed by atoms with van der Waals surface area (Å²) in [5.41, 5.74) is 7.55. The molecule has 0 bridgehead atoms. The molecule has 1 aliphatic heterocycles. The Kier molecular flexibility index (Phi) is 16.6. The monoisotopic (exact) mass is 426 g/mol. The van der Waals surface area contributed by atoms with Crippen LogP contribution in [0.4, 0.5) is 5.69 Å². The Hall–Kier alpha value is -2.09. The van der Waals surface area contributed by atoms with Gasteiger partial charge in [-0.3, -0.25) is 4.98 Å². The standard InChI is InChI=1S/C19H24N2.C4H8.3C2H6/c1-14-6-5-7-16(12-14)17-8-9-18(15(2)20-17)21-11-10-19(3,4)13-21;1-4(2)3;3*1-2/h5-9,12H,10-11,13H2,1-4H3;1H2,2-3H3;3*1-2H3. The first-order chi connectivity index (χ1) is 14.7. The number of hydrogen-bond acceptors (Lipinski definition) is 2. The second-order valence-corrected chi connectivity index (χ2v) is 8.21. The summed E-state index contributed by atoms with van der Waals surface area (Å²) in [6, 6.07) is 12.9. The highest BCUT2D eigenvalue weighted by molar-refractivity contribution is 5.64. The summed E-state index contributed by atoms with van der Waals surface area (Å²) >= 11 is 0. The van der Waals surface area contributed by atoms with E-state index in [-0.39, 0.29) is 0 Å². The van der Waals surface area contributed by atoms with Crippen molar-refractivity contribution in [3.63, 3.8) is 0 Å². The lowest BCUT2D eigenvalue weighted by Crippen LogP contribution is -2.23. The highest BCUT2D eigenvalue weighted by atomic mass is 15.2. The van der Waals surface area contributed by atoms with Gasteiger partial charge in [-0.15, -0.1) is 6.58 Å². The molecule has 0 unspecified atom stereocenters. The summed E-state index contributed by atoms with van der Waals surface area (Å²) in [7, 11) is 0. The molecular formula is C29H50N2. The van der Waals surface area contributed by atoms with Gasteiger partial charge < -0.3 is 4.90 Å². The van der Waals surface area contributed by atoms with Crippen LogP contribution in [0.3, 0.4) is 0 Å². The Morgan fingerprint density at radius 3 is 1.90 bits per heavy atom. The van der Waals surface area contributed by atoms with E-state index in [4.69, 9.17) is 4.98 Å². The molecule has 1 saturated heterocycles. The average Bonchev–Trinajstić information content (AvgIpc) is 3.11. The number of anilines is 1. The number of rotatable bonds is 2. The summed E-state index contributed by atoms with van der Waals surface area (Å²) < 4.78 is 0. The molecule has 176 valence electrons. The van der Waals surface area contributed by atoms with Crippen LogP contribution in [-0.4, -0.2) is 18.1 Å². The Balaban J connectivity index is 0. The van der Waals surface area contributed by atoms with Crippen LogP contribution in [0.2, 0.25) is 0 Å². The summed E-state index contributed by atoms with van der Waals surface area (Å²) in [6.45, 7) is 30.7. The molecule has 0 amide bonds. The Morgan fingerprint density at radius 2 is 1.48 bits per heavy atom. The third-order valence-electron chi connectivity index (χ3n) is 4.39. The van der Waals surface area contributed by atoms with Gasteiger partial charge in [0, 0.05) is 18.7 Å². The summed E-state index contributed by atoms with van der Waals surface area (Å²) in [6.07, 6.45) is 1.26. The van der Waals surface area contributed by atoms with E-state index < -0.39 is 0 Å². The molecule has 1 aromatic carbocycles. The number of benzene rings is 1. The number of nitrogens with zero attached hydrogens (tertiary/aromatic N) is 2. The fraction of sp³-hybridized carbons (Fsp3) is 0.552. The van der Waals surface area contributed by atoms with Crippen LogP contribution in [0, 0.1) is 19.3 Å². The molecular weight excluding hydrogens is 376 g/mol. The van der Waals surface area contributed by atoms with E-state index >= 15 is 0 Å². The molecule has 1 aliphatic rings. The maximum atomic E-state index is 4.84. The van der Waals surface area contributed by atoms with Crippen LogP contribution in [-0.2, 0) is 0 Å². The summed E-state index contributed by atoms with van der Waals surface area (Å²) in [4.78, 5) is 7.31. The van der Waals surface area contributed by atoms with Crippen molar-refractivity contribution in [1.82, 2.24) is 4.98 Å². The van der Waals surface area contributed by atoms with Gasteiger partial charge in [0.05, 0.1) is 17.1 Å². The number of hydrogen-bond donors (Lipinski definition) is 0. The van der Waals surface area contributed by atoms with Gasteiger partial charge in [0.25, 0.3) is 0 Å². The van der Waals surface area contributed by atoms with Crippen molar-refractivity contribution < 1.29 is 0 Å². The fourth-order valence-electron chi connectivity index (χ4n) is 3.17. The lowest BCUT2D eigenvalue weighted by molar-refractivity contribution is 0.418. The minimum Gasteiger partial charge on any atom is -0.370 e. The van der Waals surface area contributed by atoms with Crippen LogP contribution in [0.25, 0.3) is 11.3 Å². The third kappa shape index (κ3) is 11.8. The zero-order valence-electron chi connectivity index (χ0n) is 22.7. The van der Waals surface area contributed by atoms with E-state index in [1.54, 1.807) is 0 Å². The average molecular weight is 427 g/mol. The number of aryl methyl sites for hydroxylation is 2. The number of aromatic nitrogens is 1. The first kappa shape index (κ1) is 31.1. The van der Waals surface area contributed by atoms with Crippen LogP contribution in [0.15, 0.2) is 48.6 Å². The van der Waals surface area contributed by atoms with E-state index in [0.717, 1.165) is 24.5 Å². The lowest BCUT2D eigenvalue weighted by Gasteiger charge is -2.23. The lowest BCUT2D eigenvalue weighted by atomic mass is 9.93. The van der Waals surface area contributed by atoms with Gasteiger partial charge in [-0.2, -0.15) is 0 Å². The summed E-state index contributed by atoms with van der Waals surface area (Å²) in [5, 5.41) is 0. The molecule has 3 rings (SSSR count). The van der Waals surface area contributed by atoms with Crippen molar-refractivity contribution in [3.05, 3.63) is 59.8 Å². The molecule has 2 heterocycles. The summed E-state index contributed by atoms with van der Waals surface area (Å²) in [5.74, 6) is 0. The normalized spacial score (nSPS) is 13.1. The minimum absolute atomic E-state index is 0.418. The van der Waals surface area contributed by atoms with Gasteiger partial charge >= 0.3 is 0 Å². The molecule has 2 nitrogen and oxygen atoms in total. The molecule has 0 N–H and O–H groups in total. The van der Waals surface area contributed by atoms with Crippen LogP contribution >= 0.6 is 0 Å². The predicted octanol–water partition coefficient (Wildman–Crippen LogP) is 9.26. The van der Waals surface area contributed by atoms with Crippen LogP contribution < -0.4 is 4.90 Å². The molecule has 0 atom stereocenters.